The summed E-state index contributed by atoms with van der Waals surface area (Å²) in [6, 6.07) is 0. The second-order valence-electron chi connectivity index (χ2n) is 14.4. The van der Waals surface area contributed by atoms with Crippen LogP contribution in [0.15, 0.2) is 0 Å². The van der Waals surface area contributed by atoms with Crippen LogP contribution in [0.2, 0.25) is 0 Å². The minimum absolute atomic E-state index is 0.00636. The highest BCUT2D eigenvalue weighted by Crippen LogP contribution is 2.56. The molecule has 13 nitrogen and oxygen atoms in total. The average Bonchev–Trinajstić information content (AvgIpc) is 3.80. The van der Waals surface area contributed by atoms with Gasteiger partial charge < -0.3 is 23.7 Å². The normalized spacial score (nSPS) is 36.2. The zero-order valence-corrected chi connectivity index (χ0v) is 27.5. The third-order valence-corrected chi connectivity index (χ3v) is 12.7. The van der Waals surface area contributed by atoms with Crippen molar-refractivity contribution in [2.45, 2.75) is 110 Å². The van der Waals surface area contributed by atoms with E-state index in [0.717, 1.165) is 12.8 Å². The third kappa shape index (κ3) is 6.33. The fourth-order valence-electron chi connectivity index (χ4n) is 7.41. The van der Waals surface area contributed by atoms with Gasteiger partial charge in [0.1, 0.15) is 24.4 Å². The lowest BCUT2D eigenvalue weighted by molar-refractivity contribution is -0.172. The Morgan fingerprint density at radius 1 is 0.756 bits per heavy atom. The van der Waals surface area contributed by atoms with Crippen molar-refractivity contribution in [2.24, 2.45) is 40.4 Å². The quantitative estimate of drug-likeness (QED) is 0.191. The minimum Gasteiger partial charge on any atom is -0.458 e. The van der Waals surface area contributed by atoms with Gasteiger partial charge in [0.2, 0.25) is 0 Å². The van der Waals surface area contributed by atoms with Crippen LogP contribution >= 0.6 is 0 Å². The highest BCUT2D eigenvalue weighted by molar-refractivity contribution is 7.87. The molecule has 6 aliphatic rings. The number of hydrogen-bond acceptors (Lipinski definition) is 13. The van der Waals surface area contributed by atoms with Crippen LogP contribution in [0.25, 0.3) is 0 Å². The Balaban J connectivity index is 0.000000178. The molecule has 4 saturated carbocycles. The maximum Gasteiger partial charge on any atom is 0.344 e. The molecule has 0 aromatic heterocycles. The molecule has 2 heterocycles. The van der Waals surface area contributed by atoms with Crippen molar-refractivity contribution in [2.75, 3.05) is 13.2 Å². The molecular formula is C31H44O13S. The van der Waals surface area contributed by atoms with E-state index in [-0.39, 0.29) is 54.4 Å². The molecule has 4 aliphatic carbocycles. The van der Waals surface area contributed by atoms with Gasteiger partial charge >= 0.3 is 29.8 Å². The van der Waals surface area contributed by atoms with Crippen molar-refractivity contribution >= 4 is 40.0 Å². The number of carbonyl (C=O) groups is 5. The Morgan fingerprint density at radius 3 is 1.78 bits per heavy atom. The summed E-state index contributed by atoms with van der Waals surface area (Å²) in [5.41, 5.74) is -1.26. The van der Waals surface area contributed by atoms with E-state index in [4.69, 9.17) is 27.9 Å². The largest absolute Gasteiger partial charge is 0.458 e. The highest BCUT2D eigenvalue weighted by atomic mass is 32.2. The zero-order chi connectivity index (χ0) is 33.1. The fraction of sp³-hybridized carbons (Fsp3) is 0.839. The van der Waals surface area contributed by atoms with Crippen molar-refractivity contribution in [3.05, 3.63) is 0 Å². The van der Waals surface area contributed by atoms with E-state index < -0.39 is 68.9 Å². The highest BCUT2D eigenvalue weighted by Gasteiger charge is 2.65. The molecule has 2 aliphatic heterocycles. The number of hydrogen-bond donors (Lipinski definition) is 0. The van der Waals surface area contributed by atoms with Gasteiger partial charge in [-0.1, -0.05) is 13.8 Å². The molecule has 10 unspecified atom stereocenters. The smallest absolute Gasteiger partial charge is 0.344 e. The van der Waals surface area contributed by atoms with Crippen molar-refractivity contribution in [1.29, 1.82) is 0 Å². The minimum atomic E-state index is -3.53. The topological polar surface area (TPSA) is 175 Å². The molecule has 4 bridgehead atoms. The standard InChI is InChI=1S/C16H22O6.C15H22O7S/c1-4-16(2,3)15(19)20-7-11(17)21-12-8-5-9-10(6-8)14(18)22-13(9)12;1-4-15(2,3)14(17)20-7-11(16)21-12-8-5-9-10(6-8)23(18,19)22-13(9)12/h8-10,12-13H,4-7H2,1-3H3;8-10,12-13H,4-7H2,1-3H3. The van der Waals surface area contributed by atoms with E-state index in [9.17, 15) is 32.4 Å². The predicted molar refractivity (Wildman–Crippen MR) is 153 cm³/mol. The first kappa shape index (κ1) is 33.6. The van der Waals surface area contributed by atoms with Crippen molar-refractivity contribution < 1.29 is 60.3 Å². The maximum atomic E-state index is 11.9. The van der Waals surface area contributed by atoms with Crippen LogP contribution in [-0.4, -0.2) is 81.1 Å². The first-order chi connectivity index (χ1) is 21.0. The average molecular weight is 657 g/mol. The van der Waals surface area contributed by atoms with Gasteiger partial charge in [-0.15, -0.1) is 0 Å². The lowest BCUT2D eigenvalue weighted by atomic mass is 9.88. The van der Waals surface area contributed by atoms with Gasteiger partial charge in [-0.3, -0.25) is 18.6 Å². The summed E-state index contributed by atoms with van der Waals surface area (Å²) in [7, 11) is -3.53. The van der Waals surface area contributed by atoms with E-state index in [1.807, 2.05) is 13.8 Å². The first-order valence-corrected chi connectivity index (χ1v) is 17.3. The third-order valence-electron chi connectivity index (χ3n) is 10.9. The van der Waals surface area contributed by atoms with Gasteiger partial charge in [0.05, 0.1) is 22.0 Å². The Labute approximate surface area is 263 Å². The number of fused-ring (bicyclic) bond motifs is 2. The van der Waals surface area contributed by atoms with E-state index in [2.05, 4.69) is 0 Å². The van der Waals surface area contributed by atoms with Gasteiger partial charge in [0, 0.05) is 23.7 Å². The molecule has 0 amide bonds. The van der Waals surface area contributed by atoms with E-state index in [1.165, 1.54) is 0 Å². The molecule has 252 valence electrons. The van der Waals surface area contributed by atoms with Crippen LogP contribution in [0.1, 0.15) is 80.1 Å². The van der Waals surface area contributed by atoms with E-state index in [0.29, 0.717) is 25.7 Å². The van der Waals surface area contributed by atoms with Gasteiger partial charge in [0.25, 0.3) is 10.1 Å². The summed E-state index contributed by atoms with van der Waals surface area (Å²) >= 11 is 0. The number of rotatable bonds is 10. The summed E-state index contributed by atoms with van der Waals surface area (Å²) in [5.74, 6) is -1.94. The van der Waals surface area contributed by atoms with Gasteiger partial charge in [-0.2, -0.15) is 8.42 Å². The van der Waals surface area contributed by atoms with Gasteiger partial charge in [-0.25, -0.2) is 9.59 Å². The van der Waals surface area contributed by atoms with Crippen LogP contribution in [0.3, 0.4) is 0 Å². The molecule has 6 rings (SSSR count). The monoisotopic (exact) mass is 656 g/mol. The molecule has 0 radical (unpaired) electrons. The fourth-order valence-corrected chi connectivity index (χ4v) is 9.29. The Kier molecular flexibility index (Phi) is 9.06. The summed E-state index contributed by atoms with van der Waals surface area (Å²) in [6.45, 7) is 9.94. The van der Waals surface area contributed by atoms with Crippen molar-refractivity contribution in [3.8, 4) is 0 Å². The Morgan fingerprint density at radius 2 is 1.24 bits per heavy atom. The molecule has 14 heteroatoms. The Bertz CT molecular complexity index is 1340. The molecular weight excluding hydrogens is 612 g/mol. The second kappa shape index (κ2) is 12.1. The van der Waals surface area contributed by atoms with E-state index >= 15 is 0 Å². The zero-order valence-electron chi connectivity index (χ0n) is 26.6. The molecule has 0 N–H and O–H groups in total. The number of carbonyl (C=O) groups excluding carboxylic acids is 5. The van der Waals surface area contributed by atoms with Crippen LogP contribution in [0, 0.1) is 40.4 Å². The molecule has 6 fully saturated rings. The lowest BCUT2D eigenvalue weighted by Crippen LogP contribution is -2.38. The van der Waals surface area contributed by atoms with Gasteiger partial charge in [-0.05, 0) is 66.2 Å². The molecule has 10 atom stereocenters. The predicted octanol–water partition coefficient (Wildman–Crippen LogP) is 2.47. The van der Waals surface area contributed by atoms with Crippen LogP contribution in [0.5, 0.6) is 0 Å². The van der Waals surface area contributed by atoms with Crippen LogP contribution < -0.4 is 0 Å². The molecule has 0 aromatic carbocycles. The van der Waals surface area contributed by atoms with Crippen LogP contribution in [-0.2, 0) is 62.0 Å². The Hall–Kier alpha value is -2.74. The second-order valence-corrected chi connectivity index (χ2v) is 16.2. The number of esters is 5. The SMILES string of the molecule is CCC(C)(C)C(=O)OCC(=O)OC1C2CC3C(=O)OC1C3C2.CCC(C)(C)C(=O)OCC(=O)OC1C2CC3C1OS(=O)(=O)C3C2. The van der Waals surface area contributed by atoms with E-state index in [1.54, 1.807) is 27.7 Å². The lowest BCUT2D eigenvalue weighted by Gasteiger charge is -2.25. The molecule has 2 saturated heterocycles. The summed E-state index contributed by atoms with van der Waals surface area (Å²) in [6.07, 6.45) is 2.21. The summed E-state index contributed by atoms with van der Waals surface area (Å²) in [5, 5.41) is -0.448. The van der Waals surface area contributed by atoms with Crippen LogP contribution in [0.4, 0.5) is 0 Å². The maximum absolute atomic E-state index is 11.9. The summed E-state index contributed by atoms with van der Waals surface area (Å²) in [4.78, 5) is 59.2. The first-order valence-electron chi connectivity index (χ1n) is 15.8. The molecule has 0 aromatic rings. The van der Waals surface area contributed by atoms with Gasteiger partial charge in [0.15, 0.2) is 13.2 Å². The van der Waals surface area contributed by atoms with Crippen molar-refractivity contribution in [1.82, 2.24) is 0 Å². The summed E-state index contributed by atoms with van der Waals surface area (Å²) < 4.78 is 54.9. The number of ether oxygens (including phenoxy) is 5. The molecule has 0 spiro atoms. The molecule has 45 heavy (non-hydrogen) atoms. The van der Waals surface area contributed by atoms with Crippen molar-refractivity contribution in [3.63, 3.8) is 0 Å².